The summed E-state index contributed by atoms with van der Waals surface area (Å²) in [4.78, 5) is 0. The van der Waals surface area contributed by atoms with E-state index < -0.39 is 0 Å². The topological polar surface area (TPSA) is 0 Å². The third-order valence-corrected chi connectivity index (χ3v) is 2.15. The van der Waals surface area contributed by atoms with E-state index in [4.69, 9.17) is 0 Å². The molecular formula is C11H11Ru. The maximum atomic E-state index is 2.20. The van der Waals surface area contributed by atoms with Gasteiger partial charge in [-0.1, -0.05) is 18.6 Å². The molecule has 2 aromatic carbocycles. The summed E-state index contributed by atoms with van der Waals surface area (Å²) in [7, 11) is 0. The molecule has 0 atom stereocenters. The number of hydrogen-bond donors (Lipinski definition) is 0. The standard InChI is InChI=1S/C11H11.Ru/c1-2-9-5-3-6-10-7-4-8-11(9)10;/h3-8H,2H2,1H3;/q-1;+1. The molecule has 1 radical (unpaired) electrons. The predicted octanol–water partition coefficient (Wildman–Crippen LogP) is 3.12. The maximum Gasteiger partial charge on any atom is 1.00 e. The van der Waals surface area contributed by atoms with Crippen molar-refractivity contribution < 1.29 is 19.5 Å². The van der Waals surface area contributed by atoms with Gasteiger partial charge in [0.1, 0.15) is 0 Å². The molecule has 0 spiro atoms. The largest absolute Gasteiger partial charge is 1.00 e. The molecule has 2 rings (SSSR count). The summed E-state index contributed by atoms with van der Waals surface area (Å²) in [6.07, 6.45) is 1.13. The first-order valence-electron chi connectivity index (χ1n) is 4.05. The normalized spacial score (nSPS) is 9.75. The van der Waals surface area contributed by atoms with Gasteiger partial charge < -0.3 is 0 Å². The molecule has 0 heterocycles. The van der Waals surface area contributed by atoms with Gasteiger partial charge in [-0.15, -0.1) is 29.0 Å². The molecular weight excluding hydrogens is 233 g/mol. The van der Waals surface area contributed by atoms with Crippen molar-refractivity contribution in [2.75, 3.05) is 0 Å². The van der Waals surface area contributed by atoms with E-state index in [0.717, 1.165) is 6.42 Å². The molecule has 0 fully saturated rings. The van der Waals surface area contributed by atoms with Crippen molar-refractivity contribution in [2.24, 2.45) is 0 Å². The molecule has 0 saturated heterocycles. The molecule has 0 N–H and O–H groups in total. The Morgan fingerprint density at radius 2 is 2.08 bits per heavy atom. The third kappa shape index (κ3) is 1.47. The second-order valence-electron chi connectivity index (χ2n) is 2.80. The third-order valence-electron chi connectivity index (χ3n) is 2.15. The summed E-state index contributed by atoms with van der Waals surface area (Å²) in [5, 5.41) is 2.78. The van der Waals surface area contributed by atoms with Crippen molar-refractivity contribution in [3.05, 3.63) is 42.0 Å². The van der Waals surface area contributed by atoms with Crippen LogP contribution in [-0.4, -0.2) is 0 Å². The minimum atomic E-state index is 0. The van der Waals surface area contributed by atoms with Crippen LogP contribution in [0, 0.1) is 0 Å². The minimum Gasteiger partial charge on any atom is -0.168 e. The summed E-state index contributed by atoms with van der Waals surface area (Å²) in [5.74, 6) is 0. The fraction of sp³-hybridized carbons (Fsp3) is 0.182. The molecule has 63 valence electrons. The van der Waals surface area contributed by atoms with Crippen molar-refractivity contribution in [2.45, 2.75) is 13.3 Å². The molecule has 1 heteroatoms. The van der Waals surface area contributed by atoms with Crippen molar-refractivity contribution in [1.29, 1.82) is 0 Å². The van der Waals surface area contributed by atoms with E-state index in [-0.39, 0.29) is 19.5 Å². The molecule has 0 bridgehead atoms. The Morgan fingerprint density at radius 3 is 2.83 bits per heavy atom. The van der Waals surface area contributed by atoms with Crippen LogP contribution in [0.4, 0.5) is 0 Å². The van der Waals surface area contributed by atoms with Gasteiger partial charge in [-0.25, -0.2) is 0 Å². The number of rotatable bonds is 1. The van der Waals surface area contributed by atoms with Gasteiger partial charge >= 0.3 is 19.5 Å². The predicted molar refractivity (Wildman–Crippen MR) is 48.9 cm³/mol. The Labute approximate surface area is 85.7 Å². The zero-order chi connectivity index (χ0) is 7.68. The molecule has 0 saturated carbocycles. The molecule has 12 heavy (non-hydrogen) atoms. The van der Waals surface area contributed by atoms with Gasteiger partial charge in [-0.2, -0.15) is 12.1 Å². The van der Waals surface area contributed by atoms with Gasteiger partial charge in [0.2, 0.25) is 0 Å². The average Bonchev–Trinajstić information content (AvgIpc) is 2.50. The summed E-state index contributed by atoms with van der Waals surface area (Å²) in [6, 6.07) is 12.9. The zero-order valence-corrected chi connectivity index (χ0v) is 8.76. The SMILES string of the molecule is CCc1cccc2[cH-]ccc12.[Ru+]. The van der Waals surface area contributed by atoms with E-state index in [0.29, 0.717) is 0 Å². The van der Waals surface area contributed by atoms with Crippen LogP contribution in [0.15, 0.2) is 36.4 Å². The van der Waals surface area contributed by atoms with E-state index in [9.17, 15) is 0 Å². The number of benzene rings is 1. The summed E-state index contributed by atoms with van der Waals surface area (Å²) in [5.41, 5.74) is 1.45. The maximum absolute atomic E-state index is 2.20. The van der Waals surface area contributed by atoms with Gasteiger partial charge in [-0.05, 0) is 6.42 Å². The molecule has 0 aromatic heterocycles. The van der Waals surface area contributed by atoms with Crippen molar-refractivity contribution in [1.82, 2.24) is 0 Å². The second kappa shape index (κ2) is 3.91. The van der Waals surface area contributed by atoms with Gasteiger partial charge in [0.15, 0.2) is 0 Å². The Bertz CT molecular complexity index is 360. The number of hydrogen-bond acceptors (Lipinski definition) is 0. The van der Waals surface area contributed by atoms with Crippen LogP contribution in [0.1, 0.15) is 12.5 Å². The molecule has 0 aliphatic rings. The summed E-state index contributed by atoms with van der Waals surface area (Å²) in [6.45, 7) is 2.20. The fourth-order valence-corrected chi connectivity index (χ4v) is 1.54. The van der Waals surface area contributed by atoms with Gasteiger partial charge in [0.05, 0.1) is 0 Å². The van der Waals surface area contributed by atoms with Crippen molar-refractivity contribution >= 4 is 10.8 Å². The van der Waals surface area contributed by atoms with Crippen molar-refractivity contribution in [3.8, 4) is 0 Å². The molecule has 0 unspecified atom stereocenters. The van der Waals surface area contributed by atoms with Crippen LogP contribution in [0.3, 0.4) is 0 Å². The van der Waals surface area contributed by atoms with Crippen LogP contribution in [0.5, 0.6) is 0 Å². The summed E-state index contributed by atoms with van der Waals surface area (Å²) < 4.78 is 0. The van der Waals surface area contributed by atoms with Gasteiger partial charge in [0.25, 0.3) is 0 Å². The van der Waals surface area contributed by atoms with E-state index >= 15 is 0 Å². The van der Waals surface area contributed by atoms with E-state index in [1.165, 1.54) is 16.3 Å². The van der Waals surface area contributed by atoms with E-state index in [1.807, 2.05) is 0 Å². The first-order chi connectivity index (χ1) is 5.42. The van der Waals surface area contributed by atoms with Crippen molar-refractivity contribution in [3.63, 3.8) is 0 Å². The molecule has 2 aromatic rings. The minimum absolute atomic E-state index is 0. The smallest absolute Gasteiger partial charge is 0.168 e. The quantitative estimate of drug-likeness (QED) is 0.534. The molecule has 0 aliphatic heterocycles. The first-order valence-corrected chi connectivity index (χ1v) is 4.05. The van der Waals surface area contributed by atoms with Crippen LogP contribution in [0.2, 0.25) is 0 Å². The van der Waals surface area contributed by atoms with Gasteiger partial charge in [-0.3, -0.25) is 0 Å². The van der Waals surface area contributed by atoms with Crippen LogP contribution in [0.25, 0.3) is 10.8 Å². The zero-order valence-electron chi connectivity index (χ0n) is 7.02. The Balaban J connectivity index is 0.000000720. The molecule has 0 aliphatic carbocycles. The Kier molecular flexibility index (Phi) is 3.11. The molecule has 0 nitrogen and oxygen atoms in total. The average molecular weight is 244 g/mol. The van der Waals surface area contributed by atoms with E-state index in [1.54, 1.807) is 0 Å². The van der Waals surface area contributed by atoms with Crippen LogP contribution < -0.4 is 0 Å². The van der Waals surface area contributed by atoms with E-state index in [2.05, 4.69) is 43.3 Å². The Morgan fingerprint density at radius 1 is 1.25 bits per heavy atom. The second-order valence-corrected chi connectivity index (χ2v) is 2.80. The fourth-order valence-electron chi connectivity index (χ4n) is 1.54. The first kappa shape index (κ1) is 9.54. The molecule has 0 amide bonds. The Hall–Kier alpha value is -0.547. The number of aryl methyl sites for hydroxylation is 1. The number of fused-ring (bicyclic) bond motifs is 1. The monoisotopic (exact) mass is 245 g/mol. The van der Waals surface area contributed by atoms with Gasteiger partial charge in [0, 0.05) is 0 Å². The summed E-state index contributed by atoms with van der Waals surface area (Å²) >= 11 is 0. The van der Waals surface area contributed by atoms with Crippen LogP contribution in [-0.2, 0) is 25.9 Å². The van der Waals surface area contributed by atoms with Crippen LogP contribution >= 0.6 is 0 Å².